The van der Waals surface area contributed by atoms with Gasteiger partial charge < -0.3 is 0 Å². The Hall–Kier alpha value is -0.590. The molecule has 0 bridgehead atoms. The SMILES string of the molecule is C/C=C\C(=C/C)C(=O)N(CSC(=S)SCCCC)C(C)=O. The van der Waals surface area contributed by atoms with Crippen LogP contribution in [0.15, 0.2) is 23.8 Å². The number of hydrogen-bond acceptors (Lipinski definition) is 5. The molecule has 0 aliphatic heterocycles. The summed E-state index contributed by atoms with van der Waals surface area (Å²) in [5.74, 6) is 0.699. The molecule has 0 aromatic rings. The van der Waals surface area contributed by atoms with Crippen LogP contribution in [0.1, 0.15) is 40.5 Å². The normalized spacial score (nSPS) is 11.7. The summed E-state index contributed by atoms with van der Waals surface area (Å²) in [6.45, 7) is 7.15. The number of carbonyl (C=O) groups excluding carboxylic acids is 2. The number of thiocarbonyl (C=S) groups is 1. The van der Waals surface area contributed by atoms with Gasteiger partial charge in [-0.05, 0) is 26.0 Å². The van der Waals surface area contributed by atoms with Crippen LogP contribution < -0.4 is 0 Å². The average molecular weight is 346 g/mol. The van der Waals surface area contributed by atoms with Crippen LogP contribution in [0.5, 0.6) is 0 Å². The van der Waals surface area contributed by atoms with E-state index in [1.54, 1.807) is 36.9 Å². The van der Waals surface area contributed by atoms with Gasteiger partial charge in [0.25, 0.3) is 5.91 Å². The predicted molar refractivity (Wildman–Crippen MR) is 98.5 cm³/mol. The van der Waals surface area contributed by atoms with Crippen molar-refractivity contribution >= 4 is 51.1 Å². The van der Waals surface area contributed by atoms with Crippen molar-refractivity contribution in [3.05, 3.63) is 23.8 Å². The Morgan fingerprint density at radius 2 is 1.90 bits per heavy atom. The third-order valence-electron chi connectivity index (χ3n) is 2.56. The van der Waals surface area contributed by atoms with Gasteiger partial charge in [-0.25, -0.2) is 0 Å². The lowest BCUT2D eigenvalue weighted by molar-refractivity contribution is -0.139. The van der Waals surface area contributed by atoms with Crippen LogP contribution in [0.4, 0.5) is 0 Å². The van der Waals surface area contributed by atoms with E-state index in [9.17, 15) is 9.59 Å². The Morgan fingerprint density at radius 3 is 2.38 bits per heavy atom. The summed E-state index contributed by atoms with van der Waals surface area (Å²) in [4.78, 5) is 25.2. The molecule has 0 fully saturated rings. The van der Waals surface area contributed by atoms with Crippen LogP contribution in [-0.4, -0.2) is 31.9 Å². The van der Waals surface area contributed by atoms with Gasteiger partial charge in [-0.2, -0.15) is 0 Å². The second kappa shape index (κ2) is 12.0. The molecule has 118 valence electrons. The minimum absolute atomic E-state index is 0.265. The number of amides is 2. The Morgan fingerprint density at radius 1 is 1.24 bits per heavy atom. The lowest BCUT2D eigenvalue weighted by Crippen LogP contribution is -2.35. The number of hydrogen-bond donors (Lipinski definition) is 0. The number of thioether (sulfide) groups is 2. The van der Waals surface area contributed by atoms with E-state index in [1.807, 2.05) is 6.92 Å². The third-order valence-corrected chi connectivity index (χ3v) is 5.32. The van der Waals surface area contributed by atoms with Gasteiger partial charge in [0.05, 0.1) is 5.88 Å². The van der Waals surface area contributed by atoms with E-state index in [0.29, 0.717) is 5.57 Å². The maximum absolute atomic E-state index is 12.3. The molecule has 0 saturated heterocycles. The molecule has 0 heterocycles. The fraction of sp³-hybridized carbons (Fsp3) is 0.533. The first-order valence-corrected chi connectivity index (χ1v) is 9.26. The van der Waals surface area contributed by atoms with E-state index in [2.05, 4.69) is 6.92 Å². The standard InChI is InChI=1S/C15H23NO2S3/c1-5-8-10-20-15(19)21-11-16(12(4)17)14(18)13(7-3)9-6-2/h6-7,9H,5,8,10-11H2,1-4H3/b9-6-,13-7+. The number of imide groups is 1. The van der Waals surface area contributed by atoms with Gasteiger partial charge in [-0.1, -0.05) is 55.6 Å². The van der Waals surface area contributed by atoms with E-state index in [1.165, 1.54) is 23.6 Å². The second-order valence-corrected chi connectivity index (χ2v) is 7.47. The summed E-state index contributed by atoms with van der Waals surface area (Å²) < 4.78 is 0.774. The molecule has 0 saturated carbocycles. The number of unbranched alkanes of at least 4 members (excludes halogenated alkanes) is 1. The first-order valence-electron chi connectivity index (χ1n) is 6.88. The maximum Gasteiger partial charge on any atom is 0.260 e. The molecule has 0 unspecified atom stereocenters. The van der Waals surface area contributed by atoms with Crippen LogP contribution in [0, 0.1) is 0 Å². The smallest absolute Gasteiger partial charge is 0.260 e. The van der Waals surface area contributed by atoms with Gasteiger partial charge in [0.15, 0.2) is 0 Å². The van der Waals surface area contributed by atoms with Crippen molar-refractivity contribution in [2.45, 2.75) is 40.5 Å². The topological polar surface area (TPSA) is 37.4 Å². The fourth-order valence-corrected chi connectivity index (χ4v) is 3.66. The first-order chi connectivity index (χ1) is 9.97. The molecule has 0 radical (unpaired) electrons. The van der Waals surface area contributed by atoms with Crippen molar-refractivity contribution in [1.82, 2.24) is 4.90 Å². The van der Waals surface area contributed by atoms with Crippen LogP contribution in [0.3, 0.4) is 0 Å². The zero-order valence-electron chi connectivity index (χ0n) is 13.0. The van der Waals surface area contributed by atoms with E-state index >= 15 is 0 Å². The zero-order valence-corrected chi connectivity index (χ0v) is 15.5. The minimum Gasteiger partial charge on any atom is -0.275 e. The first kappa shape index (κ1) is 20.4. The molecule has 0 aromatic heterocycles. The molecule has 0 rings (SSSR count). The Kier molecular flexibility index (Phi) is 11.7. The number of nitrogens with zero attached hydrogens (tertiary/aromatic N) is 1. The molecule has 0 aliphatic carbocycles. The molecular formula is C15H23NO2S3. The third kappa shape index (κ3) is 8.44. The van der Waals surface area contributed by atoms with Gasteiger partial charge in [0.2, 0.25) is 5.91 Å². The molecule has 21 heavy (non-hydrogen) atoms. The Balaban J connectivity index is 4.60. The largest absolute Gasteiger partial charge is 0.275 e. The summed E-state index contributed by atoms with van der Waals surface area (Å²) in [5, 5.41) is 0. The molecule has 3 nitrogen and oxygen atoms in total. The van der Waals surface area contributed by atoms with Crippen LogP contribution >= 0.6 is 35.7 Å². The molecule has 0 N–H and O–H groups in total. The average Bonchev–Trinajstić information content (AvgIpc) is 2.44. The second-order valence-electron chi connectivity index (χ2n) is 4.22. The van der Waals surface area contributed by atoms with Crippen molar-refractivity contribution in [3.8, 4) is 0 Å². The zero-order chi connectivity index (χ0) is 16.3. The Bertz CT molecular complexity index is 431. The van der Waals surface area contributed by atoms with Gasteiger partial charge >= 0.3 is 0 Å². The highest BCUT2D eigenvalue weighted by molar-refractivity contribution is 8.47. The summed E-state index contributed by atoms with van der Waals surface area (Å²) >= 11 is 8.22. The molecule has 0 aliphatic rings. The van der Waals surface area contributed by atoms with Crippen molar-refractivity contribution in [2.24, 2.45) is 0 Å². The Labute approximate surface area is 141 Å². The monoisotopic (exact) mass is 345 g/mol. The van der Waals surface area contributed by atoms with Gasteiger partial charge in [0.1, 0.15) is 3.53 Å². The maximum atomic E-state index is 12.3. The predicted octanol–water partition coefficient (Wildman–Crippen LogP) is 4.39. The molecule has 0 aromatic carbocycles. The minimum atomic E-state index is -0.281. The van der Waals surface area contributed by atoms with Crippen molar-refractivity contribution < 1.29 is 9.59 Å². The van der Waals surface area contributed by atoms with Crippen molar-refractivity contribution in [3.63, 3.8) is 0 Å². The van der Waals surface area contributed by atoms with Gasteiger partial charge in [0, 0.05) is 12.5 Å². The molecule has 0 atom stereocenters. The number of rotatable bonds is 7. The van der Waals surface area contributed by atoms with E-state index in [0.717, 1.165) is 22.1 Å². The lowest BCUT2D eigenvalue weighted by atomic mass is 10.2. The summed E-state index contributed by atoms with van der Waals surface area (Å²) in [5.41, 5.74) is 0.512. The molecular weight excluding hydrogens is 322 g/mol. The highest BCUT2D eigenvalue weighted by atomic mass is 32.2. The molecule has 6 heteroatoms. The highest BCUT2D eigenvalue weighted by Gasteiger charge is 2.20. The van der Waals surface area contributed by atoms with Crippen LogP contribution in [0.2, 0.25) is 0 Å². The fourth-order valence-electron chi connectivity index (χ4n) is 1.38. The summed E-state index contributed by atoms with van der Waals surface area (Å²) in [7, 11) is 0. The van der Waals surface area contributed by atoms with Crippen molar-refractivity contribution in [2.75, 3.05) is 11.6 Å². The van der Waals surface area contributed by atoms with Crippen LogP contribution in [0.25, 0.3) is 0 Å². The summed E-state index contributed by atoms with van der Waals surface area (Å²) in [6, 6.07) is 0. The lowest BCUT2D eigenvalue weighted by Gasteiger charge is -2.19. The quantitative estimate of drug-likeness (QED) is 0.225. The van der Waals surface area contributed by atoms with Gasteiger partial charge in [-0.3, -0.25) is 14.5 Å². The highest BCUT2D eigenvalue weighted by Crippen LogP contribution is 2.20. The van der Waals surface area contributed by atoms with E-state index < -0.39 is 0 Å². The molecule has 2 amide bonds. The number of carbonyl (C=O) groups is 2. The number of allylic oxidation sites excluding steroid dienone is 2. The van der Waals surface area contributed by atoms with Crippen molar-refractivity contribution in [1.29, 1.82) is 0 Å². The summed E-state index contributed by atoms with van der Waals surface area (Å²) in [6.07, 6.45) is 7.44. The van der Waals surface area contributed by atoms with E-state index in [-0.39, 0.29) is 17.7 Å². The van der Waals surface area contributed by atoms with Crippen LogP contribution in [-0.2, 0) is 9.59 Å². The van der Waals surface area contributed by atoms with E-state index in [4.69, 9.17) is 12.2 Å². The van der Waals surface area contributed by atoms with Gasteiger partial charge in [-0.15, -0.1) is 11.8 Å². The molecule has 0 spiro atoms.